The van der Waals surface area contributed by atoms with Crippen LogP contribution in [-0.4, -0.2) is 46.3 Å². The van der Waals surface area contributed by atoms with Crippen LogP contribution in [0.3, 0.4) is 0 Å². The van der Waals surface area contributed by atoms with Gasteiger partial charge in [0.1, 0.15) is 5.82 Å². The van der Waals surface area contributed by atoms with E-state index in [9.17, 15) is 4.79 Å². The predicted molar refractivity (Wildman–Crippen MR) is 108 cm³/mol. The fourth-order valence-corrected chi connectivity index (χ4v) is 2.81. The van der Waals surface area contributed by atoms with E-state index in [4.69, 9.17) is 5.11 Å². The highest BCUT2D eigenvalue weighted by molar-refractivity contribution is 5.89. The molecule has 8 nitrogen and oxygen atoms in total. The number of anilines is 2. The quantitative estimate of drug-likeness (QED) is 0.454. The third-order valence-electron chi connectivity index (χ3n) is 4.66. The Morgan fingerprint density at radius 1 is 1.07 bits per heavy atom. The lowest BCUT2D eigenvalue weighted by Crippen LogP contribution is -2.30. The summed E-state index contributed by atoms with van der Waals surface area (Å²) in [5.41, 5.74) is 2.50. The molecule has 2 aliphatic carbocycles. The first kappa shape index (κ1) is 18.6. The molecule has 2 amide bonds. The molecule has 1 heterocycles. The van der Waals surface area contributed by atoms with Gasteiger partial charge >= 0.3 is 6.03 Å². The van der Waals surface area contributed by atoms with E-state index >= 15 is 0 Å². The molecule has 0 bridgehead atoms. The van der Waals surface area contributed by atoms with Crippen molar-refractivity contribution in [2.75, 3.05) is 23.8 Å². The Balaban J connectivity index is 1.47. The van der Waals surface area contributed by atoms with Crippen LogP contribution in [0.4, 0.5) is 16.3 Å². The van der Waals surface area contributed by atoms with Gasteiger partial charge in [-0.15, -0.1) is 0 Å². The molecule has 0 atom stereocenters. The molecular formula is C20H26N6O2. The molecule has 5 N–H and O–H groups in total. The lowest BCUT2D eigenvalue weighted by atomic mass is 10.2. The van der Waals surface area contributed by atoms with Crippen LogP contribution in [0.2, 0.25) is 0 Å². The van der Waals surface area contributed by atoms with Crippen molar-refractivity contribution in [2.45, 2.75) is 44.3 Å². The minimum Gasteiger partial charge on any atom is -0.395 e. The smallest absolute Gasteiger partial charge is 0.319 e. The first-order chi connectivity index (χ1) is 13.7. The van der Waals surface area contributed by atoms with E-state index < -0.39 is 0 Å². The lowest BCUT2D eigenvalue weighted by molar-refractivity contribution is 0.251. The number of aromatic nitrogens is 2. The third-order valence-corrected chi connectivity index (χ3v) is 4.66. The Morgan fingerprint density at radius 3 is 2.50 bits per heavy atom. The maximum absolute atomic E-state index is 11.9. The van der Waals surface area contributed by atoms with Gasteiger partial charge in [-0.3, -0.25) is 0 Å². The number of urea groups is 1. The van der Waals surface area contributed by atoms with Crippen molar-refractivity contribution >= 4 is 17.5 Å². The summed E-state index contributed by atoms with van der Waals surface area (Å²) in [5, 5.41) is 21.4. The molecule has 148 valence electrons. The molecule has 8 heteroatoms. The summed E-state index contributed by atoms with van der Waals surface area (Å²) in [4.78, 5) is 21.1. The summed E-state index contributed by atoms with van der Waals surface area (Å²) in [5.74, 6) is 1.31. The first-order valence-electron chi connectivity index (χ1n) is 9.83. The van der Waals surface area contributed by atoms with E-state index in [1.807, 2.05) is 30.3 Å². The van der Waals surface area contributed by atoms with Crippen molar-refractivity contribution in [2.24, 2.45) is 0 Å². The van der Waals surface area contributed by atoms with E-state index in [1.54, 1.807) is 0 Å². The predicted octanol–water partition coefficient (Wildman–Crippen LogP) is 2.08. The Labute approximate surface area is 164 Å². The van der Waals surface area contributed by atoms with Gasteiger partial charge in [-0.2, -0.15) is 0 Å². The van der Waals surface area contributed by atoms with Crippen molar-refractivity contribution in [1.82, 2.24) is 20.6 Å². The van der Waals surface area contributed by atoms with Gasteiger partial charge in [-0.1, -0.05) is 0 Å². The maximum atomic E-state index is 11.9. The summed E-state index contributed by atoms with van der Waals surface area (Å²) in [7, 11) is 0. The number of aliphatic hydroxyl groups is 1. The molecule has 1 aromatic heterocycles. The molecule has 2 aromatic rings. The van der Waals surface area contributed by atoms with Gasteiger partial charge in [0.2, 0.25) is 0 Å². The SMILES string of the molecule is O=C(Nc1ccc(-c2nc(CNC3CC3)cc(NCCO)n2)cc1)NC1CC1. The Kier molecular flexibility index (Phi) is 5.68. The molecule has 1 aromatic carbocycles. The van der Waals surface area contributed by atoms with Crippen LogP contribution < -0.4 is 21.3 Å². The Hall–Kier alpha value is -2.71. The Bertz CT molecular complexity index is 818. The minimum atomic E-state index is -0.171. The molecule has 0 spiro atoms. The van der Waals surface area contributed by atoms with Gasteiger partial charge in [0.15, 0.2) is 5.82 Å². The van der Waals surface area contributed by atoms with Gasteiger partial charge in [0, 0.05) is 42.5 Å². The molecule has 28 heavy (non-hydrogen) atoms. The van der Waals surface area contributed by atoms with Crippen LogP contribution in [0.1, 0.15) is 31.4 Å². The van der Waals surface area contributed by atoms with Crippen LogP contribution >= 0.6 is 0 Å². The second-order valence-corrected chi connectivity index (χ2v) is 7.32. The second-order valence-electron chi connectivity index (χ2n) is 7.32. The third kappa shape index (κ3) is 5.40. The first-order valence-corrected chi connectivity index (χ1v) is 9.83. The number of carbonyl (C=O) groups excluding carboxylic acids is 1. The molecule has 4 rings (SSSR count). The highest BCUT2D eigenvalue weighted by atomic mass is 16.3. The monoisotopic (exact) mass is 382 g/mol. The summed E-state index contributed by atoms with van der Waals surface area (Å²) < 4.78 is 0. The van der Waals surface area contributed by atoms with Crippen LogP contribution in [-0.2, 0) is 6.54 Å². The fraction of sp³-hybridized carbons (Fsp3) is 0.450. The molecule has 2 fully saturated rings. The molecule has 0 saturated heterocycles. The standard InChI is InChI=1S/C20H26N6O2/c27-10-9-21-18-11-17(12-22-14-5-6-14)23-19(26-18)13-1-3-15(4-2-13)24-20(28)25-16-7-8-16/h1-4,11,14,16,22,27H,5-10,12H2,(H,21,23,26)(H2,24,25,28). The second kappa shape index (κ2) is 8.53. The maximum Gasteiger partial charge on any atom is 0.319 e. The number of nitrogens with zero attached hydrogens (tertiary/aromatic N) is 2. The summed E-state index contributed by atoms with van der Waals surface area (Å²) in [6.45, 7) is 1.16. The normalized spacial score (nSPS) is 15.9. The number of amides is 2. The van der Waals surface area contributed by atoms with Crippen molar-refractivity contribution in [3.8, 4) is 11.4 Å². The summed E-state index contributed by atoms with van der Waals surface area (Å²) in [6.07, 6.45) is 4.55. The molecular weight excluding hydrogens is 356 g/mol. The zero-order chi connectivity index (χ0) is 19.3. The summed E-state index contributed by atoms with van der Waals surface area (Å²) in [6, 6.07) is 10.2. The number of hydrogen-bond acceptors (Lipinski definition) is 6. The zero-order valence-corrected chi connectivity index (χ0v) is 15.7. The van der Waals surface area contributed by atoms with Crippen LogP contribution in [0, 0.1) is 0 Å². The van der Waals surface area contributed by atoms with Crippen molar-refractivity contribution < 1.29 is 9.90 Å². The van der Waals surface area contributed by atoms with Gasteiger partial charge in [-0.25, -0.2) is 14.8 Å². The summed E-state index contributed by atoms with van der Waals surface area (Å²) >= 11 is 0. The van der Waals surface area contributed by atoms with Crippen LogP contribution in [0.5, 0.6) is 0 Å². The molecule has 0 aliphatic heterocycles. The van der Waals surface area contributed by atoms with Crippen LogP contribution in [0.25, 0.3) is 11.4 Å². The largest absolute Gasteiger partial charge is 0.395 e. The fourth-order valence-electron chi connectivity index (χ4n) is 2.81. The molecule has 2 aliphatic rings. The number of hydrogen-bond donors (Lipinski definition) is 5. The minimum absolute atomic E-state index is 0.0400. The number of benzene rings is 1. The van der Waals surface area contributed by atoms with E-state index in [1.165, 1.54) is 12.8 Å². The molecule has 2 saturated carbocycles. The van der Waals surface area contributed by atoms with E-state index in [0.29, 0.717) is 36.8 Å². The highest BCUT2D eigenvalue weighted by Gasteiger charge is 2.23. The van der Waals surface area contributed by atoms with E-state index in [0.717, 1.165) is 29.8 Å². The zero-order valence-electron chi connectivity index (χ0n) is 15.7. The lowest BCUT2D eigenvalue weighted by Gasteiger charge is -2.11. The average Bonchev–Trinajstić information content (AvgIpc) is 3.61. The van der Waals surface area contributed by atoms with Gasteiger partial charge < -0.3 is 26.4 Å². The Morgan fingerprint density at radius 2 is 1.82 bits per heavy atom. The topological polar surface area (TPSA) is 111 Å². The average molecular weight is 382 g/mol. The number of nitrogens with one attached hydrogen (secondary N) is 4. The van der Waals surface area contributed by atoms with E-state index in [-0.39, 0.29) is 12.6 Å². The van der Waals surface area contributed by atoms with Gasteiger partial charge in [0.05, 0.1) is 12.3 Å². The van der Waals surface area contributed by atoms with Crippen LogP contribution in [0.15, 0.2) is 30.3 Å². The molecule has 0 unspecified atom stereocenters. The highest BCUT2D eigenvalue weighted by Crippen LogP contribution is 2.23. The number of rotatable bonds is 9. The van der Waals surface area contributed by atoms with E-state index in [2.05, 4.69) is 31.2 Å². The van der Waals surface area contributed by atoms with Crippen molar-refractivity contribution in [1.29, 1.82) is 0 Å². The molecule has 0 radical (unpaired) electrons. The van der Waals surface area contributed by atoms with Crippen molar-refractivity contribution in [3.05, 3.63) is 36.0 Å². The number of aliphatic hydroxyl groups excluding tert-OH is 1. The van der Waals surface area contributed by atoms with Crippen molar-refractivity contribution in [3.63, 3.8) is 0 Å². The van der Waals surface area contributed by atoms with Gasteiger partial charge in [0.25, 0.3) is 0 Å². The number of carbonyl (C=O) groups is 1. The van der Waals surface area contributed by atoms with Gasteiger partial charge in [-0.05, 0) is 49.9 Å².